The predicted octanol–water partition coefficient (Wildman–Crippen LogP) is 3.53. The number of nitrogens with zero attached hydrogens (tertiary/aromatic N) is 1. The number of nitro benzene ring substituents is 1. The fourth-order valence-corrected chi connectivity index (χ4v) is 3.38. The highest BCUT2D eigenvalue weighted by molar-refractivity contribution is 7.17. The van der Waals surface area contributed by atoms with Crippen LogP contribution in [0.5, 0.6) is 0 Å². The molecule has 25 heavy (non-hydrogen) atoms. The van der Waals surface area contributed by atoms with Gasteiger partial charge in [-0.3, -0.25) is 19.7 Å². The van der Waals surface area contributed by atoms with Crippen LogP contribution in [-0.4, -0.2) is 17.1 Å². The Morgan fingerprint density at radius 2 is 1.96 bits per heavy atom. The zero-order valence-electron chi connectivity index (χ0n) is 12.6. The number of carbonyl (C=O) groups excluding carboxylic acids is 2. The first kappa shape index (κ1) is 16.7. The minimum atomic E-state index is -1.03. The molecule has 3 aromatic rings. The van der Waals surface area contributed by atoms with Gasteiger partial charge in [0, 0.05) is 28.0 Å². The number of amides is 1. The van der Waals surface area contributed by atoms with Gasteiger partial charge in [0.2, 0.25) is 6.29 Å². The molecule has 1 atom stereocenters. The normalized spacial score (nSPS) is 11.9. The van der Waals surface area contributed by atoms with E-state index in [1.165, 1.54) is 47.7 Å². The van der Waals surface area contributed by atoms with E-state index >= 15 is 0 Å². The summed E-state index contributed by atoms with van der Waals surface area (Å²) in [5, 5.41) is 15.5. The molecule has 3 rings (SSSR count). The Hall–Kier alpha value is -3.13. The third-order valence-corrected chi connectivity index (χ3v) is 4.58. The van der Waals surface area contributed by atoms with Gasteiger partial charge in [-0.1, -0.05) is 6.07 Å². The van der Waals surface area contributed by atoms with E-state index in [0.717, 1.165) is 0 Å². The van der Waals surface area contributed by atoms with Crippen LogP contribution in [0.15, 0.2) is 47.8 Å². The van der Waals surface area contributed by atoms with E-state index in [9.17, 15) is 24.1 Å². The first-order valence-electron chi connectivity index (χ1n) is 7.09. The summed E-state index contributed by atoms with van der Waals surface area (Å²) in [6.45, 7) is 0. The summed E-state index contributed by atoms with van der Waals surface area (Å²) < 4.78 is 13.9. The minimum Gasteiger partial charge on any atom is -0.338 e. The summed E-state index contributed by atoms with van der Waals surface area (Å²) in [5.74, 6) is -0.952. The molecule has 2 aromatic carbocycles. The molecule has 0 bridgehead atoms. The maximum absolute atomic E-state index is 13.3. The second-order valence-electron chi connectivity index (χ2n) is 5.16. The van der Waals surface area contributed by atoms with Gasteiger partial charge in [0.25, 0.3) is 11.6 Å². The van der Waals surface area contributed by atoms with Gasteiger partial charge in [0.15, 0.2) is 0 Å². The molecule has 1 aromatic heterocycles. The Balaban J connectivity index is 1.84. The Bertz CT molecular complexity index is 968. The molecule has 1 heterocycles. The van der Waals surface area contributed by atoms with Crippen LogP contribution in [-0.2, 0) is 4.79 Å². The quantitative estimate of drug-likeness (QED) is 0.559. The lowest BCUT2D eigenvalue weighted by Crippen LogP contribution is -2.29. The van der Waals surface area contributed by atoms with Crippen molar-refractivity contribution in [1.82, 2.24) is 5.32 Å². The number of non-ortho nitro benzene ring substituents is 1. The van der Waals surface area contributed by atoms with Crippen molar-refractivity contribution in [2.45, 2.75) is 6.04 Å². The number of hydrogen-bond donors (Lipinski definition) is 1. The van der Waals surface area contributed by atoms with Gasteiger partial charge in [0.05, 0.1) is 4.92 Å². The third kappa shape index (κ3) is 3.38. The average Bonchev–Trinajstić information content (AvgIpc) is 3.02. The van der Waals surface area contributed by atoms with Gasteiger partial charge < -0.3 is 5.32 Å². The van der Waals surface area contributed by atoms with Crippen LogP contribution < -0.4 is 5.32 Å². The highest BCUT2D eigenvalue weighted by Gasteiger charge is 2.20. The molecule has 0 spiro atoms. The van der Waals surface area contributed by atoms with Crippen molar-refractivity contribution in [1.29, 1.82) is 0 Å². The molecule has 0 aliphatic carbocycles. The zero-order valence-corrected chi connectivity index (χ0v) is 13.4. The minimum absolute atomic E-state index is 0.138. The maximum Gasteiger partial charge on any atom is 0.269 e. The largest absolute Gasteiger partial charge is 0.338 e. The zero-order chi connectivity index (χ0) is 18.0. The van der Waals surface area contributed by atoms with Crippen molar-refractivity contribution >= 4 is 39.3 Å². The number of nitrogens with one attached hydrogen (secondary N) is 1. The predicted molar refractivity (Wildman–Crippen MR) is 90.8 cm³/mol. The van der Waals surface area contributed by atoms with Crippen LogP contribution in [0.3, 0.4) is 0 Å². The van der Waals surface area contributed by atoms with Crippen molar-refractivity contribution in [3.05, 3.63) is 74.9 Å². The van der Waals surface area contributed by atoms with Crippen molar-refractivity contribution in [3.8, 4) is 0 Å². The third-order valence-electron chi connectivity index (χ3n) is 3.61. The number of hydrogen-bond acceptors (Lipinski definition) is 5. The lowest BCUT2D eigenvalue weighted by Gasteiger charge is -2.11. The molecular weight excluding hydrogens is 347 g/mol. The standard InChI is InChI=1S/C17H10FN2O4S/c18-11-3-6-13-14(9-25-16(13)7-11)15(8-21)19-17(22)10-1-4-12(5-2-10)20(23)24/h1-7,9,15H,(H,19,22). The number of rotatable bonds is 5. The molecule has 0 fully saturated rings. The lowest BCUT2D eigenvalue weighted by molar-refractivity contribution is -0.384. The Morgan fingerprint density at radius 1 is 1.24 bits per heavy atom. The average molecular weight is 357 g/mol. The summed E-state index contributed by atoms with van der Waals surface area (Å²) >= 11 is 1.25. The van der Waals surface area contributed by atoms with Crippen LogP contribution in [0.1, 0.15) is 22.0 Å². The molecule has 0 aliphatic heterocycles. The summed E-state index contributed by atoms with van der Waals surface area (Å²) in [6.07, 6.45) is 1.76. The number of fused-ring (bicyclic) bond motifs is 1. The number of thiophene rings is 1. The van der Waals surface area contributed by atoms with Gasteiger partial charge >= 0.3 is 0 Å². The summed E-state index contributed by atoms with van der Waals surface area (Å²) in [6, 6.07) is 8.16. The van der Waals surface area contributed by atoms with E-state index in [-0.39, 0.29) is 17.1 Å². The number of halogens is 1. The highest BCUT2D eigenvalue weighted by atomic mass is 32.1. The van der Waals surface area contributed by atoms with Crippen LogP contribution in [0.4, 0.5) is 10.1 Å². The number of carbonyl (C=O) groups is 1. The SMILES string of the molecule is O=[C]C(NC(=O)c1ccc([N+](=O)[O-])cc1)c1csc2cc(F)ccc12. The van der Waals surface area contributed by atoms with Gasteiger partial charge in [-0.25, -0.2) is 4.39 Å². The van der Waals surface area contributed by atoms with Crippen molar-refractivity contribution in [2.75, 3.05) is 0 Å². The molecule has 125 valence electrons. The summed E-state index contributed by atoms with van der Waals surface area (Å²) in [7, 11) is 0. The molecule has 0 saturated heterocycles. The first-order chi connectivity index (χ1) is 12.0. The second kappa shape index (κ2) is 6.78. The molecular formula is C17H10FN2O4S. The van der Waals surface area contributed by atoms with Crippen molar-refractivity contribution < 1.29 is 18.9 Å². The van der Waals surface area contributed by atoms with E-state index in [0.29, 0.717) is 15.6 Å². The lowest BCUT2D eigenvalue weighted by atomic mass is 10.1. The van der Waals surface area contributed by atoms with Gasteiger partial charge in [-0.05, 0) is 35.0 Å². The molecule has 1 radical (unpaired) electrons. The van der Waals surface area contributed by atoms with Crippen LogP contribution in [0.25, 0.3) is 10.1 Å². The van der Waals surface area contributed by atoms with E-state index in [1.807, 2.05) is 0 Å². The molecule has 1 unspecified atom stereocenters. The topological polar surface area (TPSA) is 89.3 Å². The van der Waals surface area contributed by atoms with Crippen LogP contribution in [0, 0.1) is 15.9 Å². The van der Waals surface area contributed by atoms with Gasteiger partial charge in [-0.15, -0.1) is 11.3 Å². The monoisotopic (exact) mass is 357 g/mol. The molecule has 1 N–H and O–H groups in total. The van der Waals surface area contributed by atoms with Crippen LogP contribution >= 0.6 is 11.3 Å². The summed E-state index contributed by atoms with van der Waals surface area (Å²) in [5.41, 5.74) is 0.558. The second-order valence-corrected chi connectivity index (χ2v) is 6.07. The molecule has 6 nitrogen and oxygen atoms in total. The fourth-order valence-electron chi connectivity index (χ4n) is 2.37. The highest BCUT2D eigenvalue weighted by Crippen LogP contribution is 2.30. The number of nitro groups is 1. The maximum atomic E-state index is 13.3. The molecule has 8 heteroatoms. The van der Waals surface area contributed by atoms with Gasteiger partial charge in [-0.2, -0.15) is 0 Å². The smallest absolute Gasteiger partial charge is 0.269 e. The van der Waals surface area contributed by atoms with E-state index in [2.05, 4.69) is 5.32 Å². The van der Waals surface area contributed by atoms with Crippen molar-refractivity contribution in [3.63, 3.8) is 0 Å². The Labute approximate surface area is 145 Å². The van der Waals surface area contributed by atoms with Crippen molar-refractivity contribution in [2.24, 2.45) is 0 Å². The first-order valence-corrected chi connectivity index (χ1v) is 7.97. The molecule has 0 aliphatic rings. The van der Waals surface area contributed by atoms with E-state index < -0.39 is 16.9 Å². The van der Waals surface area contributed by atoms with E-state index in [4.69, 9.17) is 0 Å². The Morgan fingerprint density at radius 3 is 2.60 bits per heavy atom. The van der Waals surface area contributed by atoms with Gasteiger partial charge in [0.1, 0.15) is 11.9 Å². The van der Waals surface area contributed by atoms with Crippen LogP contribution in [0.2, 0.25) is 0 Å². The Kier molecular flexibility index (Phi) is 4.53. The summed E-state index contributed by atoms with van der Waals surface area (Å²) in [4.78, 5) is 33.7. The van der Waals surface area contributed by atoms with E-state index in [1.54, 1.807) is 17.7 Å². The number of benzene rings is 2. The molecule has 0 saturated carbocycles. The fraction of sp³-hybridized carbons (Fsp3) is 0.0588. The molecule has 1 amide bonds.